The number of anilines is 1. The van der Waals surface area contributed by atoms with Gasteiger partial charge < -0.3 is 15.8 Å². The predicted octanol–water partition coefficient (Wildman–Crippen LogP) is -0.0330. The quantitative estimate of drug-likeness (QED) is 0.436. The second-order valence-electron chi connectivity index (χ2n) is 1.56. The van der Waals surface area contributed by atoms with Crippen LogP contribution in [0.5, 0.6) is 0 Å². The lowest BCUT2D eigenvalue weighted by Gasteiger charge is -1.89. The second kappa shape index (κ2) is 2.26. The molecular formula is C4H4N4O2. The molecule has 52 valence electrons. The first-order valence-corrected chi connectivity index (χ1v) is 2.42. The highest BCUT2D eigenvalue weighted by atomic mass is 16.6. The van der Waals surface area contributed by atoms with E-state index in [1.165, 1.54) is 0 Å². The van der Waals surface area contributed by atoms with Gasteiger partial charge in [-0.2, -0.15) is 0 Å². The maximum absolute atomic E-state index is 9.97. The molecular weight excluding hydrogens is 136 g/mol. The van der Waals surface area contributed by atoms with Gasteiger partial charge in [0.25, 0.3) is 0 Å². The molecule has 0 unspecified atom stereocenters. The molecule has 0 amide bonds. The summed E-state index contributed by atoms with van der Waals surface area (Å²) in [5.74, 6) is -0.125. The van der Waals surface area contributed by atoms with Crippen molar-refractivity contribution in [1.29, 1.82) is 0 Å². The summed E-state index contributed by atoms with van der Waals surface area (Å²) >= 11 is 0. The Morgan fingerprint density at radius 1 is 1.50 bits per heavy atom. The van der Waals surface area contributed by atoms with Crippen LogP contribution < -0.4 is 5.73 Å². The Kier molecular flexibility index (Phi) is 1.44. The molecule has 1 rings (SSSR count). The van der Waals surface area contributed by atoms with Gasteiger partial charge in [-0.05, 0) is 9.91 Å². The first-order chi connectivity index (χ1) is 4.70. The molecule has 10 heavy (non-hydrogen) atoms. The average molecular weight is 140 g/mol. The number of nitro groups is 1. The van der Waals surface area contributed by atoms with Crippen LogP contribution >= 0.6 is 0 Å². The molecule has 0 saturated carbocycles. The highest BCUT2D eigenvalue weighted by Gasteiger charge is 2.04. The molecule has 0 aliphatic heterocycles. The van der Waals surface area contributed by atoms with Crippen molar-refractivity contribution in [3.63, 3.8) is 0 Å². The molecule has 0 aromatic carbocycles. The minimum atomic E-state index is -0.633. The minimum Gasteiger partial charge on any atom is -0.381 e. The number of rotatable bonds is 1. The molecule has 6 heteroatoms. The van der Waals surface area contributed by atoms with E-state index in [1.54, 1.807) is 0 Å². The Morgan fingerprint density at radius 3 is 2.60 bits per heavy atom. The molecule has 6 nitrogen and oxygen atoms in total. The maximum Gasteiger partial charge on any atom is 0.382 e. The lowest BCUT2D eigenvalue weighted by atomic mass is 10.6. The standard InChI is InChI=1S/C4H4N4O2/c5-3-1-7-4(2-6-3)8(9)10/h1-2H,(H2,5,6). The van der Waals surface area contributed by atoms with Gasteiger partial charge in [0.05, 0.1) is 0 Å². The van der Waals surface area contributed by atoms with Crippen molar-refractivity contribution in [2.24, 2.45) is 0 Å². The van der Waals surface area contributed by atoms with Gasteiger partial charge in [-0.3, -0.25) is 0 Å². The second-order valence-corrected chi connectivity index (χ2v) is 1.56. The van der Waals surface area contributed by atoms with E-state index in [1.807, 2.05) is 0 Å². The summed E-state index contributed by atoms with van der Waals surface area (Å²) in [5.41, 5.74) is 5.13. The molecule has 1 aromatic heterocycles. The van der Waals surface area contributed by atoms with Crippen LogP contribution in [0.1, 0.15) is 0 Å². The molecule has 0 spiro atoms. The van der Waals surface area contributed by atoms with E-state index in [-0.39, 0.29) is 11.6 Å². The van der Waals surface area contributed by atoms with E-state index in [0.717, 1.165) is 12.4 Å². The Hall–Kier alpha value is -1.72. The zero-order valence-corrected chi connectivity index (χ0v) is 4.89. The molecule has 2 N–H and O–H groups in total. The van der Waals surface area contributed by atoms with Gasteiger partial charge in [0.2, 0.25) is 0 Å². The van der Waals surface area contributed by atoms with Crippen molar-refractivity contribution in [1.82, 2.24) is 9.97 Å². The Bertz CT molecular complexity index is 244. The van der Waals surface area contributed by atoms with Gasteiger partial charge >= 0.3 is 5.82 Å². The lowest BCUT2D eigenvalue weighted by Crippen LogP contribution is -1.95. The number of hydrogen-bond acceptors (Lipinski definition) is 5. The third kappa shape index (κ3) is 1.16. The fraction of sp³-hybridized carbons (Fsp3) is 0. The number of hydrogen-bond donors (Lipinski definition) is 1. The predicted molar refractivity (Wildman–Crippen MR) is 33.1 cm³/mol. The fourth-order valence-corrected chi connectivity index (χ4v) is 0.425. The third-order valence-electron chi connectivity index (χ3n) is 0.845. The van der Waals surface area contributed by atoms with Crippen LogP contribution in [0.4, 0.5) is 11.6 Å². The minimum absolute atomic E-state index is 0.172. The van der Waals surface area contributed by atoms with Gasteiger partial charge in [0.15, 0.2) is 12.0 Å². The van der Waals surface area contributed by atoms with Crippen LogP contribution in [0.3, 0.4) is 0 Å². The Labute approximate surface area is 55.9 Å². The molecule has 0 radical (unpaired) electrons. The fourth-order valence-electron chi connectivity index (χ4n) is 0.425. The van der Waals surface area contributed by atoms with Crippen molar-refractivity contribution >= 4 is 11.6 Å². The summed E-state index contributed by atoms with van der Waals surface area (Å²) in [7, 11) is 0. The molecule has 0 bridgehead atoms. The Morgan fingerprint density at radius 2 is 2.20 bits per heavy atom. The first-order valence-electron chi connectivity index (χ1n) is 2.42. The number of nitrogens with two attached hydrogens (primary N) is 1. The van der Waals surface area contributed by atoms with Crippen LogP contribution in [-0.4, -0.2) is 14.9 Å². The summed E-state index contributed by atoms with van der Waals surface area (Å²) in [4.78, 5) is 16.2. The van der Waals surface area contributed by atoms with Crippen LogP contribution in [-0.2, 0) is 0 Å². The van der Waals surface area contributed by atoms with Crippen molar-refractivity contribution in [2.75, 3.05) is 5.73 Å². The number of aromatic nitrogens is 2. The third-order valence-corrected chi connectivity index (χ3v) is 0.845. The highest BCUT2D eigenvalue weighted by molar-refractivity contribution is 5.26. The van der Waals surface area contributed by atoms with E-state index in [0.29, 0.717) is 0 Å². The van der Waals surface area contributed by atoms with Crippen molar-refractivity contribution < 1.29 is 4.92 Å². The molecule has 0 aliphatic rings. The monoisotopic (exact) mass is 140 g/mol. The maximum atomic E-state index is 9.97. The Balaban J connectivity index is 3.00. The van der Waals surface area contributed by atoms with Crippen LogP contribution in [0, 0.1) is 10.1 Å². The molecule has 1 heterocycles. The number of nitrogen functional groups attached to an aromatic ring is 1. The van der Waals surface area contributed by atoms with Crippen LogP contribution in [0.2, 0.25) is 0 Å². The molecule has 0 aliphatic carbocycles. The van der Waals surface area contributed by atoms with Crippen LogP contribution in [0.15, 0.2) is 12.4 Å². The first kappa shape index (κ1) is 6.40. The van der Waals surface area contributed by atoms with Crippen molar-refractivity contribution in [3.05, 3.63) is 22.5 Å². The summed E-state index contributed by atoms with van der Waals surface area (Å²) in [6, 6.07) is 0. The SMILES string of the molecule is Nc1cnc([N+](=O)[O-])cn1. The molecule has 0 saturated heterocycles. The lowest BCUT2D eigenvalue weighted by molar-refractivity contribution is -0.389. The average Bonchev–Trinajstić information content (AvgIpc) is 1.88. The normalized spacial score (nSPS) is 9.20. The van der Waals surface area contributed by atoms with Gasteiger partial charge in [-0.15, -0.1) is 0 Å². The highest BCUT2D eigenvalue weighted by Crippen LogP contribution is 2.03. The summed E-state index contributed by atoms with van der Waals surface area (Å²) < 4.78 is 0. The van der Waals surface area contributed by atoms with E-state index in [9.17, 15) is 10.1 Å². The van der Waals surface area contributed by atoms with E-state index in [2.05, 4.69) is 9.97 Å². The topological polar surface area (TPSA) is 94.9 Å². The summed E-state index contributed by atoms with van der Waals surface area (Å²) in [6.45, 7) is 0. The smallest absolute Gasteiger partial charge is 0.381 e. The zero-order valence-electron chi connectivity index (χ0n) is 4.89. The summed E-state index contributed by atoms with van der Waals surface area (Å²) in [6.07, 6.45) is 2.15. The zero-order chi connectivity index (χ0) is 7.56. The van der Waals surface area contributed by atoms with Gasteiger partial charge in [0.1, 0.15) is 6.20 Å². The summed E-state index contributed by atoms with van der Waals surface area (Å²) in [5, 5.41) is 9.97. The largest absolute Gasteiger partial charge is 0.382 e. The molecule has 0 fully saturated rings. The van der Waals surface area contributed by atoms with Crippen LogP contribution in [0.25, 0.3) is 0 Å². The van der Waals surface area contributed by atoms with Crippen molar-refractivity contribution in [3.8, 4) is 0 Å². The van der Waals surface area contributed by atoms with E-state index in [4.69, 9.17) is 5.73 Å². The van der Waals surface area contributed by atoms with Gasteiger partial charge in [0, 0.05) is 0 Å². The molecule has 1 aromatic rings. The number of nitrogens with zero attached hydrogens (tertiary/aromatic N) is 3. The molecule has 0 atom stereocenters. The van der Waals surface area contributed by atoms with Crippen molar-refractivity contribution in [2.45, 2.75) is 0 Å². The van der Waals surface area contributed by atoms with E-state index >= 15 is 0 Å². The van der Waals surface area contributed by atoms with Gasteiger partial charge in [-0.1, -0.05) is 0 Å². The van der Waals surface area contributed by atoms with E-state index < -0.39 is 4.92 Å². The van der Waals surface area contributed by atoms with Gasteiger partial charge in [-0.25, -0.2) is 4.98 Å².